The molecule has 21 heavy (non-hydrogen) atoms. The Balaban J connectivity index is 1.99. The van der Waals surface area contributed by atoms with Gasteiger partial charge in [-0.2, -0.15) is 9.97 Å². The highest BCUT2D eigenvalue weighted by atomic mass is 19.1. The van der Waals surface area contributed by atoms with Crippen molar-refractivity contribution in [3.05, 3.63) is 41.5 Å². The lowest BCUT2D eigenvalue weighted by Gasteiger charge is -2.08. The number of nitrogens with zero attached hydrogens (tertiary/aromatic N) is 2. The Morgan fingerprint density at radius 3 is 2.05 bits per heavy atom. The van der Waals surface area contributed by atoms with Crippen LogP contribution in [-0.4, -0.2) is 30.7 Å². The van der Waals surface area contributed by atoms with Crippen molar-refractivity contribution in [2.45, 2.75) is 6.42 Å². The summed E-state index contributed by atoms with van der Waals surface area (Å²) in [5, 5.41) is 2.95. The van der Waals surface area contributed by atoms with Crippen LogP contribution < -0.4 is 14.8 Å². The summed E-state index contributed by atoms with van der Waals surface area (Å²) in [4.78, 5) is 8.19. The highest BCUT2D eigenvalue weighted by molar-refractivity contribution is 5.34. The van der Waals surface area contributed by atoms with E-state index in [0.717, 1.165) is 6.07 Å². The Morgan fingerprint density at radius 1 is 0.952 bits per heavy atom. The van der Waals surface area contributed by atoms with Crippen LogP contribution in [-0.2, 0) is 6.42 Å². The van der Waals surface area contributed by atoms with Crippen molar-refractivity contribution < 1.29 is 18.3 Å². The molecule has 0 radical (unpaired) electrons. The molecule has 1 aromatic carbocycles. The minimum absolute atomic E-state index is 0.322. The fraction of sp³-hybridized carbons (Fsp3) is 0.286. The van der Waals surface area contributed by atoms with Crippen LogP contribution in [0.25, 0.3) is 0 Å². The number of nitrogens with one attached hydrogen (secondary N) is 1. The molecule has 1 N–H and O–H groups in total. The van der Waals surface area contributed by atoms with Gasteiger partial charge in [-0.3, -0.25) is 0 Å². The van der Waals surface area contributed by atoms with Crippen molar-refractivity contribution in [1.82, 2.24) is 9.97 Å². The molecule has 0 aliphatic rings. The van der Waals surface area contributed by atoms with E-state index in [9.17, 15) is 8.78 Å². The summed E-state index contributed by atoms with van der Waals surface area (Å²) in [7, 11) is 2.97. The summed E-state index contributed by atoms with van der Waals surface area (Å²) in [5.74, 6) is -0.140. The first kappa shape index (κ1) is 15.0. The molecule has 1 aromatic heterocycles. The van der Waals surface area contributed by atoms with Crippen LogP contribution in [0.1, 0.15) is 5.56 Å². The van der Waals surface area contributed by atoms with Gasteiger partial charge in [0.2, 0.25) is 17.7 Å². The molecule has 112 valence electrons. The van der Waals surface area contributed by atoms with E-state index >= 15 is 0 Å². The van der Waals surface area contributed by atoms with Crippen LogP contribution in [0.2, 0.25) is 0 Å². The highest BCUT2D eigenvalue weighted by Crippen LogP contribution is 2.17. The third kappa shape index (κ3) is 4.27. The van der Waals surface area contributed by atoms with Gasteiger partial charge in [0.05, 0.1) is 20.3 Å². The van der Waals surface area contributed by atoms with Gasteiger partial charge >= 0.3 is 0 Å². The van der Waals surface area contributed by atoms with Crippen molar-refractivity contribution in [3.63, 3.8) is 0 Å². The molecule has 0 amide bonds. The van der Waals surface area contributed by atoms with Gasteiger partial charge in [0.15, 0.2) is 0 Å². The van der Waals surface area contributed by atoms with Crippen LogP contribution >= 0.6 is 0 Å². The van der Waals surface area contributed by atoms with E-state index in [1.165, 1.54) is 26.4 Å². The molecular weight excluding hydrogens is 280 g/mol. The molecule has 0 bridgehead atoms. The lowest BCUT2D eigenvalue weighted by atomic mass is 10.1. The fourth-order valence-corrected chi connectivity index (χ4v) is 1.77. The molecule has 0 saturated heterocycles. The highest BCUT2D eigenvalue weighted by Gasteiger charge is 2.05. The molecule has 0 unspecified atom stereocenters. The van der Waals surface area contributed by atoms with E-state index in [2.05, 4.69) is 15.3 Å². The largest absolute Gasteiger partial charge is 0.481 e. The number of benzene rings is 1. The van der Waals surface area contributed by atoms with Gasteiger partial charge in [-0.1, -0.05) is 0 Å². The zero-order valence-corrected chi connectivity index (χ0v) is 11.7. The molecule has 0 fully saturated rings. The maximum absolute atomic E-state index is 13.1. The van der Waals surface area contributed by atoms with Crippen LogP contribution in [0.4, 0.5) is 14.7 Å². The summed E-state index contributed by atoms with van der Waals surface area (Å²) in [6.07, 6.45) is 0.428. The Bertz CT molecular complexity index is 581. The molecule has 2 aromatic rings. The summed E-state index contributed by atoms with van der Waals surface area (Å²) in [5.41, 5.74) is 0.551. The number of halogens is 2. The molecule has 7 heteroatoms. The molecule has 5 nitrogen and oxygen atoms in total. The molecule has 0 aliphatic heterocycles. The minimum atomic E-state index is -0.593. The summed E-state index contributed by atoms with van der Waals surface area (Å²) < 4.78 is 36.2. The van der Waals surface area contributed by atoms with E-state index in [-0.39, 0.29) is 0 Å². The molecule has 2 rings (SSSR count). The molecule has 0 atom stereocenters. The molecular formula is C14H15F2N3O2. The third-order valence-electron chi connectivity index (χ3n) is 2.72. The Morgan fingerprint density at radius 2 is 1.52 bits per heavy atom. The first-order valence-corrected chi connectivity index (χ1v) is 6.26. The number of ether oxygens (including phenoxy) is 2. The second-order valence-electron chi connectivity index (χ2n) is 4.23. The van der Waals surface area contributed by atoms with Crippen molar-refractivity contribution in [2.24, 2.45) is 0 Å². The molecule has 0 spiro atoms. The van der Waals surface area contributed by atoms with Crippen molar-refractivity contribution in [1.29, 1.82) is 0 Å². The van der Waals surface area contributed by atoms with Crippen molar-refractivity contribution >= 4 is 5.95 Å². The SMILES string of the molecule is COc1cc(OC)nc(NCCc2cc(F)cc(F)c2)n1. The zero-order chi connectivity index (χ0) is 15.2. The van der Waals surface area contributed by atoms with Gasteiger partial charge in [0.1, 0.15) is 11.6 Å². The van der Waals surface area contributed by atoms with Crippen LogP contribution in [0, 0.1) is 11.6 Å². The van der Waals surface area contributed by atoms with E-state index < -0.39 is 11.6 Å². The van der Waals surface area contributed by atoms with Gasteiger partial charge < -0.3 is 14.8 Å². The predicted octanol–water partition coefficient (Wildman–Crippen LogP) is 2.43. The second kappa shape index (κ2) is 6.83. The summed E-state index contributed by atoms with van der Waals surface area (Å²) in [6.45, 7) is 0.416. The quantitative estimate of drug-likeness (QED) is 0.887. The van der Waals surface area contributed by atoms with Crippen molar-refractivity contribution in [2.75, 3.05) is 26.1 Å². The maximum atomic E-state index is 13.1. The van der Waals surface area contributed by atoms with E-state index in [0.29, 0.717) is 36.2 Å². The number of methoxy groups -OCH3 is 2. The van der Waals surface area contributed by atoms with Gasteiger partial charge in [0, 0.05) is 12.6 Å². The molecule has 1 heterocycles. The lowest BCUT2D eigenvalue weighted by Crippen LogP contribution is -2.09. The Labute approximate surface area is 120 Å². The zero-order valence-electron chi connectivity index (χ0n) is 11.7. The summed E-state index contributed by atoms with van der Waals surface area (Å²) in [6, 6.07) is 4.97. The second-order valence-corrected chi connectivity index (χ2v) is 4.23. The van der Waals surface area contributed by atoms with E-state index in [1.54, 1.807) is 6.07 Å². The smallest absolute Gasteiger partial charge is 0.229 e. The topological polar surface area (TPSA) is 56.3 Å². The van der Waals surface area contributed by atoms with Gasteiger partial charge in [0.25, 0.3) is 0 Å². The van der Waals surface area contributed by atoms with Gasteiger partial charge in [-0.15, -0.1) is 0 Å². The first-order chi connectivity index (χ1) is 10.1. The monoisotopic (exact) mass is 295 g/mol. The van der Waals surface area contributed by atoms with E-state index in [1.807, 2.05) is 0 Å². The standard InChI is InChI=1S/C14H15F2N3O2/c1-20-12-8-13(21-2)19-14(18-12)17-4-3-9-5-10(15)7-11(16)6-9/h5-8H,3-4H2,1-2H3,(H,17,18,19). The maximum Gasteiger partial charge on any atom is 0.229 e. The number of anilines is 1. The number of hydrogen-bond donors (Lipinski definition) is 1. The van der Waals surface area contributed by atoms with Crippen LogP contribution in [0.15, 0.2) is 24.3 Å². The Kier molecular flexibility index (Phi) is 4.86. The lowest BCUT2D eigenvalue weighted by molar-refractivity contribution is 0.373. The first-order valence-electron chi connectivity index (χ1n) is 6.26. The van der Waals surface area contributed by atoms with Crippen LogP contribution in [0.3, 0.4) is 0 Å². The van der Waals surface area contributed by atoms with Crippen molar-refractivity contribution in [3.8, 4) is 11.8 Å². The molecule has 0 aliphatic carbocycles. The fourth-order valence-electron chi connectivity index (χ4n) is 1.77. The number of rotatable bonds is 6. The van der Waals surface area contributed by atoms with Gasteiger partial charge in [-0.05, 0) is 24.1 Å². The minimum Gasteiger partial charge on any atom is -0.481 e. The number of aromatic nitrogens is 2. The average molecular weight is 295 g/mol. The third-order valence-corrected chi connectivity index (χ3v) is 2.72. The van der Waals surface area contributed by atoms with Crippen LogP contribution in [0.5, 0.6) is 11.8 Å². The number of hydrogen-bond acceptors (Lipinski definition) is 5. The summed E-state index contributed by atoms with van der Waals surface area (Å²) >= 11 is 0. The van der Waals surface area contributed by atoms with E-state index in [4.69, 9.17) is 9.47 Å². The molecule has 0 saturated carbocycles. The Hall–Kier alpha value is -2.44. The van der Waals surface area contributed by atoms with Gasteiger partial charge in [-0.25, -0.2) is 8.78 Å². The predicted molar refractivity (Wildman–Crippen MR) is 73.7 cm³/mol. The normalized spacial score (nSPS) is 10.3. The average Bonchev–Trinajstić information content (AvgIpc) is 2.45.